The van der Waals surface area contributed by atoms with E-state index in [4.69, 9.17) is 14.7 Å². The third kappa shape index (κ3) is 4.57. The molecule has 0 spiro atoms. The minimum atomic E-state index is -0.131. The van der Waals surface area contributed by atoms with Crippen LogP contribution >= 0.6 is 0 Å². The van der Waals surface area contributed by atoms with E-state index in [0.29, 0.717) is 0 Å². The Kier molecular flexibility index (Phi) is 5.77. The summed E-state index contributed by atoms with van der Waals surface area (Å²) in [6.45, 7) is 0. The number of nitriles is 1. The quantitative estimate of drug-likeness (QED) is 0.343. The van der Waals surface area contributed by atoms with Crippen molar-refractivity contribution in [3.8, 4) is 6.26 Å². The first-order valence-electron chi connectivity index (χ1n) is 7.55. The summed E-state index contributed by atoms with van der Waals surface area (Å²) >= 11 is 0. The molecule has 21 heavy (non-hydrogen) atoms. The lowest BCUT2D eigenvalue weighted by molar-refractivity contribution is -0.157. The predicted octanol–water partition coefficient (Wildman–Crippen LogP) is 2.23. The van der Waals surface area contributed by atoms with Crippen molar-refractivity contribution in [2.75, 3.05) is 0 Å². The Bertz CT molecular complexity index is 437. The molecule has 0 saturated heterocycles. The number of esters is 1. The van der Waals surface area contributed by atoms with Crippen molar-refractivity contribution in [3.63, 3.8) is 0 Å². The van der Waals surface area contributed by atoms with Crippen molar-refractivity contribution in [1.29, 1.82) is 5.26 Å². The summed E-state index contributed by atoms with van der Waals surface area (Å²) in [6.07, 6.45) is 9.18. The fourth-order valence-electron chi connectivity index (χ4n) is 3.12. The van der Waals surface area contributed by atoms with E-state index in [1.165, 1.54) is 0 Å². The summed E-state index contributed by atoms with van der Waals surface area (Å²) < 4.78 is 10.5. The van der Waals surface area contributed by atoms with Gasteiger partial charge in [0.2, 0.25) is 6.08 Å². The SMILES string of the molecule is N#COC1CCC(OC(=O)C2CCC(N=C=O)CC2)CC1. The van der Waals surface area contributed by atoms with Crippen LogP contribution in [0.5, 0.6) is 0 Å². The molecule has 6 nitrogen and oxygen atoms in total. The molecule has 0 heterocycles. The monoisotopic (exact) mass is 292 g/mol. The molecule has 0 aromatic rings. The Morgan fingerprint density at radius 2 is 1.62 bits per heavy atom. The van der Waals surface area contributed by atoms with Gasteiger partial charge in [-0.1, -0.05) is 0 Å². The molecule has 114 valence electrons. The van der Waals surface area contributed by atoms with E-state index in [1.807, 2.05) is 0 Å². The molecule has 6 heteroatoms. The lowest BCUT2D eigenvalue weighted by atomic mass is 9.86. The predicted molar refractivity (Wildman–Crippen MR) is 72.7 cm³/mol. The molecule has 0 aromatic carbocycles. The Hall–Kier alpha value is -1.86. The minimum Gasteiger partial charge on any atom is -0.462 e. The lowest BCUT2D eigenvalue weighted by Crippen LogP contribution is -2.32. The number of rotatable bonds is 4. The van der Waals surface area contributed by atoms with Gasteiger partial charge in [-0.15, -0.1) is 0 Å². The summed E-state index contributed by atoms with van der Waals surface area (Å²) in [5, 5.41) is 8.47. The second kappa shape index (κ2) is 7.80. The number of nitrogens with zero attached hydrogens (tertiary/aromatic N) is 2. The number of hydrogen-bond acceptors (Lipinski definition) is 6. The second-order valence-corrected chi connectivity index (χ2v) is 5.77. The third-order valence-corrected chi connectivity index (χ3v) is 4.39. The largest absolute Gasteiger partial charge is 0.462 e. The Labute approximate surface area is 124 Å². The fourth-order valence-corrected chi connectivity index (χ4v) is 3.12. The first-order chi connectivity index (χ1) is 10.2. The van der Waals surface area contributed by atoms with Crippen LogP contribution in [-0.2, 0) is 19.1 Å². The molecule has 0 radical (unpaired) electrons. The Morgan fingerprint density at radius 1 is 1.00 bits per heavy atom. The van der Waals surface area contributed by atoms with Gasteiger partial charge < -0.3 is 9.47 Å². The second-order valence-electron chi connectivity index (χ2n) is 5.77. The van der Waals surface area contributed by atoms with Crippen molar-refractivity contribution in [2.45, 2.75) is 69.6 Å². The van der Waals surface area contributed by atoms with Gasteiger partial charge in [-0.25, -0.2) is 9.79 Å². The molecule has 0 atom stereocenters. The molecule has 2 saturated carbocycles. The highest BCUT2D eigenvalue weighted by atomic mass is 16.5. The van der Waals surface area contributed by atoms with Crippen LogP contribution in [0.2, 0.25) is 0 Å². The summed E-state index contributed by atoms with van der Waals surface area (Å²) in [5.74, 6) is -0.204. The lowest BCUT2D eigenvalue weighted by Gasteiger charge is -2.29. The average molecular weight is 292 g/mol. The van der Waals surface area contributed by atoms with Crippen molar-refractivity contribution < 1.29 is 19.1 Å². The molecule has 2 aliphatic carbocycles. The maximum atomic E-state index is 12.1. The summed E-state index contributed by atoms with van der Waals surface area (Å²) in [7, 11) is 0. The highest BCUT2D eigenvalue weighted by Crippen LogP contribution is 2.29. The zero-order chi connectivity index (χ0) is 15.1. The van der Waals surface area contributed by atoms with Gasteiger partial charge in [-0.3, -0.25) is 4.79 Å². The fraction of sp³-hybridized carbons (Fsp3) is 0.800. The van der Waals surface area contributed by atoms with Crippen LogP contribution in [0.1, 0.15) is 51.4 Å². The first-order valence-corrected chi connectivity index (χ1v) is 7.55. The topological polar surface area (TPSA) is 88.8 Å². The Balaban J connectivity index is 1.71. The van der Waals surface area contributed by atoms with Gasteiger partial charge in [0.15, 0.2) is 0 Å². The van der Waals surface area contributed by atoms with E-state index >= 15 is 0 Å². The molecule has 0 bridgehead atoms. The van der Waals surface area contributed by atoms with Gasteiger partial charge in [0, 0.05) is 0 Å². The molecule has 0 aromatic heterocycles. The van der Waals surface area contributed by atoms with Gasteiger partial charge in [0.1, 0.15) is 12.2 Å². The maximum absolute atomic E-state index is 12.1. The smallest absolute Gasteiger partial charge is 0.309 e. The number of carbonyl (C=O) groups is 1. The molecule has 0 amide bonds. The van der Waals surface area contributed by atoms with Crippen molar-refractivity contribution in [3.05, 3.63) is 0 Å². The standard InChI is InChI=1S/C15H20N2O4/c16-9-20-13-5-7-14(8-6-13)21-15(19)11-1-3-12(4-2-11)17-10-18/h11-14H,1-8H2. The average Bonchev–Trinajstić information content (AvgIpc) is 2.50. The van der Waals surface area contributed by atoms with E-state index in [1.54, 1.807) is 12.3 Å². The molecular weight excluding hydrogens is 272 g/mol. The Morgan fingerprint density at radius 3 is 2.19 bits per heavy atom. The van der Waals surface area contributed by atoms with Gasteiger partial charge >= 0.3 is 5.97 Å². The minimum absolute atomic E-state index is 0.0186. The third-order valence-electron chi connectivity index (χ3n) is 4.39. The van der Waals surface area contributed by atoms with Crippen LogP contribution in [0.15, 0.2) is 4.99 Å². The number of carbonyl (C=O) groups excluding carboxylic acids is 2. The summed E-state index contributed by atoms with van der Waals surface area (Å²) in [6, 6.07) is 0.0186. The van der Waals surface area contributed by atoms with E-state index in [2.05, 4.69) is 4.99 Å². The van der Waals surface area contributed by atoms with Crippen LogP contribution in [0.25, 0.3) is 0 Å². The number of isocyanates is 1. The van der Waals surface area contributed by atoms with Gasteiger partial charge in [-0.2, -0.15) is 5.26 Å². The van der Waals surface area contributed by atoms with Crippen LogP contribution in [0.4, 0.5) is 0 Å². The van der Waals surface area contributed by atoms with E-state index < -0.39 is 0 Å². The van der Waals surface area contributed by atoms with Gasteiger partial charge in [0.05, 0.1) is 12.0 Å². The van der Waals surface area contributed by atoms with Gasteiger partial charge in [-0.05, 0) is 51.4 Å². The maximum Gasteiger partial charge on any atom is 0.309 e. The van der Waals surface area contributed by atoms with E-state index in [-0.39, 0.29) is 30.1 Å². The summed E-state index contributed by atoms with van der Waals surface area (Å²) in [5.41, 5.74) is 0. The molecule has 2 fully saturated rings. The van der Waals surface area contributed by atoms with Crippen molar-refractivity contribution in [2.24, 2.45) is 10.9 Å². The van der Waals surface area contributed by atoms with Crippen molar-refractivity contribution in [1.82, 2.24) is 0 Å². The number of aliphatic imine (C=N–C) groups is 1. The van der Waals surface area contributed by atoms with E-state index in [0.717, 1.165) is 51.4 Å². The first kappa shape index (κ1) is 15.5. The van der Waals surface area contributed by atoms with Crippen LogP contribution in [0.3, 0.4) is 0 Å². The number of hydrogen-bond donors (Lipinski definition) is 0. The van der Waals surface area contributed by atoms with Gasteiger partial charge in [0.25, 0.3) is 6.26 Å². The van der Waals surface area contributed by atoms with Crippen LogP contribution < -0.4 is 0 Å². The zero-order valence-corrected chi connectivity index (χ0v) is 12.0. The van der Waals surface area contributed by atoms with Crippen LogP contribution in [-0.4, -0.2) is 30.3 Å². The van der Waals surface area contributed by atoms with E-state index in [9.17, 15) is 9.59 Å². The molecular formula is C15H20N2O4. The highest BCUT2D eigenvalue weighted by molar-refractivity contribution is 5.72. The highest BCUT2D eigenvalue weighted by Gasteiger charge is 2.30. The molecule has 0 unspecified atom stereocenters. The van der Waals surface area contributed by atoms with Crippen molar-refractivity contribution >= 4 is 12.0 Å². The normalized spacial score (nSPS) is 32.3. The summed E-state index contributed by atoms with van der Waals surface area (Å²) in [4.78, 5) is 26.1. The molecule has 2 rings (SSSR count). The molecule has 0 N–H and O–H groups in total. The number of ether oxygens (including phenoxy) is 2. The molecule has 0 aliphatic heterocycles. The van der Waals surface area contributed by atoms with Crippen LogP contribution in [0, 0.1) is 17.4 Å². The molecule has 2 aliphatic rings. The zero-order valence-electron chi connectivity index (χ0n) is 12.0.